The van der Waals surface area contributed by atoms with Crippen molar-refractivity contribution in [2.45, 2.75) is 18.9 Å². The van der Waals surface area contributed by atoms with Gasteiger partial charge in [-0.25, -0.2) is 8.78 Å². The number of rotatable bonds is 5. The van der Waals surface area contributed by atoms with Crippen molar-refractivity contribution in [3.63, 3.8) is 0 Å². The second kappa shape index (κ2) is 8.88. The Hall–Kier alpha value is -0.430. The van der Waals surface area contributed by atoms with E-state index < -0.39 is 6.43 Å². The highest BCUT2D eigenvalue weighted by molar-refractivity contribution is 9.10. The summed E-state index contributed by atoms with van der Waals surface area (Å²) in [7, 11) is 1.59. The highest BCUT2D eigenvalue weighted by Gasteiger charge is 2.25. The van der Waals surface area contributed by atoms with Gasteiger partial charge in [0.2, 0.25) is 6.43 Å². The van der Waals surface area contributed by atoms with E-state index in [1.54, 1.807) is 7.11 Å². The number of hydrogen-bond donors (Lipinski definition) is 1. The van der Waals surface area contributed by atoms with Crippen LogP contribution >= 0.6 is 28.3 Å². The minimum atomic E-state index is -2.31. The van der Waals surface area contributed by atoms with Gasteiger partial charge in [-0.2, -0.15) is 0 Å². The van der Waals surface area contributed by atoms with Crippen LogP contribution in [0.25, 0.3) is 0 Å². The third kappa shape index (κ3) is 5.06. The molecule has 21 heavy (non-hydrogen) atoms. The van der Waals surface area contributed by atoms with Crippen LogP contribution in [-0.2, 0) is 0 Å². The Kier molecular flexibility index (Phi) is 7.87. The number of nitrogens with zero attached hydrogens (tertiary/aromatic N) is 1. The molecule has 0 radical (unpaired) electrons. The van der Waals surface area contributed by atoms with Gasteiger partial charge in [0.05, 0.1) is 11.6 Å². The quantitative estimate of drug-likeness (QED) is 0.840. The van der Waals surface area contributed by atoms with E-state index in [1.165, 1.54) is 0 Å². The van der Waals surface area contributed by atoms with Crippen molar-refractivity contribution in [1.82, 2.24) is 10.2 Å². The molecular weight excluding hydrogens is 366 g/mol. The molecule has 1 N–H and O–H groups in total. The van der Waals surface area contributed by atoms with Crippen molar-refractivity contribution in [3.8, 4) is 5.75 Å². The van der Waals surface area contributed by atoms with E-state index >= 15 is 0 Å². The molecule has 0 unspecified atom stereocenters. The van der Waals surface area contributed by atoms with Crippen LogP contribution in [0.15, 0.2) is 22.7 Å². The molecule has 7 heteroatoms. The summed E-state index contributed by atoms with van der Waals surface area (Å²) in [6, 6.07) is 5.33. The molecule has 1 fully saturated rings. The molecule has 1 atom stereocenters. The SMILES string of the molecule is COc1ccc([C@@H](CC(F)F)N2CCNCC2)cc1Br.Cl. The molecular formula is C14H20BrClF2N2O. The highest BCUT2D eigenvalue weighted by atomic mass is 79.9. The van der Waals surface area contributed by atoms with E-state index in [4.69, 9.17) is 4.74 Å². The molecule has 0 spiro atoms. The Morgan fingerprint density at radius 3 is 2.52 bits per heavy atom. The van der Waals surface area contributed by atoms with Crippen LogP contribution in [0.2, 0.25) is 0 Å². The summed E-state index contributed by atoms with van der Waals surface area (Å²) in [6.45, 7) is 3.27. The molecule has 0 amide bonds. The lowest BCUT2D eigenvalue weighted by Gasteiger charge is -2.35. The number of alkyl halides is 2. The van der Waals surface area contributed by atoms with Crippen LogP contribution in [0.3, 0.4) is 0 Å². The molecule has 1 aromatic rings. The van der Waals surface area contributed by atoms with E-state index in [0.717, 1.165) is 36.2 Å². The Morgan fingerprint density at radius 1 is 1.33 bits per heavy atom. The number of halogens is 4. The average Bonchev–Trinajstić information content (AvgIpc) is 2.45. The standard InChI is InChI=1S/C14H19BrF2N2O.ClH/c1-20-13-3-2-10(8-11(13)15)12(9-14(16)17)19-6-4-18-5-7-19;/h2-3,8,12,14,18H,4-7,9H2,1H3;1H/t12-;/m1./s1. The van der Waals surface area contributed by atoms with Crippen molar-refractivity contribution in [2.75, 3.05) is 33.3 Å². The molecule has 1 heterocycles. The van der Waals surface area contributed by atoms with Crippen molar-refractivity contribution >= 4 is 28.3 Å². The zero-order chi connectivity index (χ0) is 14.5. The van der Waals surface area contributed by atoms with Gasteiger partial charge in [0, 0.05) is 38.6 Å². The van der Waals surface area contributed by atoms with E-state index in [-0.39, 0.29) is 24.9 Å². The molecule has 0 bridgehead atoms. The van der Waals surface area contributed by atoms with Crippen LogP contribution in [-0.4, -0.2) is 44.6 Å². The summed E-state index contributed by atoms with van der Waals surface area (Å²) < 4.78 is 31.8. The molecule has 1 aliphatic rings. The number of methoxy groups -OCH3 is 1. The fraction of sp³-hybridized carbons (Fsp3) is 0.571. The lowest BCUT2D eigenvalue weighted by molar-refractivity contribution is 0.0739. The van der Waals surface area contributed by atoms with Gasteiger partial charge in [0.1, 0.15) is 5.75 Å². The van der Waals surface area contributed by atoms with E-state index in [2.05, 4.69) is 26.1 Å². The van der Waals surface area contributed by atoms with Crippen molar-refractivity contribution < 1.29 is 13.5 Å². The van der Waals surface area contributed by atoms with Crippen molar-refractivity contribution in [3.05, 3.63) is 28.2 Å². The Bertz CT molecular complexity index is 445. The third-order valence-electron chi connectivity index (χ3n) is 3.55. The van der Waals surface area contributed by atoms with Crippen molar-refractivity contribution in [2.24, 2.45) is 0 Å². The molecule has 1 aliphatic heterocycles. The third-order valence-corrected chi connectivity index (χ3v) is 4.17. The largest absolute Gasteiger partial charge is 0.496 e. The predicted octanol–water partition coefficient (Wildman–Crippen LogP) is 3.48. The highest BCUT2D eigenvalue weighted by Crippen LogP contribution is 2.33. The van der Waals surface area contributed by atoms with Gasteiger partial charge >= 0.3 is 0 Å². The number of hydrogen-bond acceptors (Lipinski definition) is 3. The first-order valence-corrected chi connectivity index (χ1v) is 7.47. The monoisotopic (exact) mass is 384 g/mol. The minimum Gasteiger partial charge on any atom is -0.496 e. The van der Waals surface area contributed by atoms with Gasteiger partial charge in [0.15, 0.2) is 0 Å². The molecule has 0 aromatic heterocycles. The Morgan fingerprint density at radius 2 is 2.00 bits per heavy atom. The summed E-state index contributed by atoms with van der Waals surface area (Å²) >= 11 is 3.42. The second-order valence-electron chi connectivity index (χ2n) is 4.82. The van der Waals surface area contributed by atoms with Crippen LogP contribution in [0.5, 0.6) is 5.75 Å². The fourth-order valence-corrected chi connectivity index (χ4v) is 3.11. The Balaban J connectivity index is 0.00000220. The van der Waals surface area contributed by atoms with Crippen LogP contribution in [0, 0.1) is 0 Å². The zero-order valence-corrected chi connectivity index (χ0v) is 14.2. The Labute approximate surface area is 138 Å². The van der Waals surface area contributed by atoms with Crippen LogP contribution in [0.4, 0.5) is 8.78 Å². The van der Waals surface area contributed by atoms with Crippen LogP contribution < -0.4 is 10.1 Å². The summed E-state index contributed by atoms with van der Waals surface area (Å²) in [4.78, 5) is 2.12. The lowest BCUT2D eigenvalue weighted by atomic mass is 10.0. The summed E-state index contributed by atoms with van der Waals surface area (Å²) in [5, 5.41) is 3.25. The smallest absolute Gasteiger partial charge is 0.240 e. The molecule has 0 aliphatic carbocycles. The number of piperazine rings is 1. The molecule has 1 aromatic carbocycles. The normalized spacial score (nSPS) is 17.4. The molecule has 2 rings (SSSR count). The zero-order valence-electron chi connectivity index (χ0n) is 11.8. The summed E-state index contributed by atoms with van der Waals surface area (Å²) in [5.74, 6) is 0.713. The maximum Gasteiger partial charge on any atom is 0.240 e. The van der Waals surface area contributed by atoms with E-state index in [1.807, 2.05) is 18.2 Å². The van der Waals surface area contributed by atoms with Gasteiger partial charge in [-0.05, 0) is 33.6 Å². The molecule has 3 nitrogen and oxygen atoms in total. The van der Waals surface area contributed by atoms with Gasteiger partial charge < -0.3 is 10.1 Å². The first kappa shape index (κ1) is 18.6. The topological polar surface area (TPSA) is 24.5 Å². The van der Waals surface area contributed by atoms with Gasteiger partial charge in [-0.15, -0.1) is 12.4 Å². The first-order chi connectivity index (χ1) is 9.61. The lowest BCUT2D eigenvalue weighted by Crippen LogP contribution is -2.45. The maximum atomic E-state index is 12.9. The average molecular weight is 386 g/mol. The second-order valence-corrected chi connectivity index (χ2v) is 5.68. The predicted molar refractivity (Wildman–Crippen MR) is 85.7 cm³/mol. The molecule has 1 saturated heterocycles. The van der Waals surface area contributed by atoms with E-state index in [9.17, 15) is 8.78 Å². The number of ether oxygens (including phenoxy) is 1. The maximum absolute atomic E-state index is 12.9. The fourth-order valence-electron chi connectivity index (χ4n) is 2.55. The van der Waals surface area contributed by atoms with Gasteiger partial charge in [0.25, 0.3) is 0 Å². The minimum absolute atomic E-state index is 0. The first-order valence-electron chi connectivity index (χ1n) is 6.68. The number of nitrogens with one attached hydrogen (secondary N) is 1. The van der Waals surface area contributed by atoms with Gasteiger partial charge in [-0.1, -0.05) is 6.07 Å². The molecule has 120 valence electrons. The van der Waals surface area contributed by atoms with Crippen molar-refractivity contribution in [1.29, 1.82) is 0 Å². The van der Waals surface area contributed by atoms with Crippen LogP contribution in [0.1, 0.15) is 18.0 Å². The van der Waals surface area contributed by atoms with Gasteiger partial charge in [-0.3, -0.25) is 4.90 Å². The van der Waals surface area contributed by atoms with E-state index in [0.29, 0.717) is 5.75 Å². The summed E-state index contributed by atoms with van der Waals surface area (Å²) in [5.41, 5.74) is 0.903. The summed E-state index contributed by atoms with van der Waals surface area (Å²) in [6.07, 6.45) is -2.45. The number of benzene rings is 1. The molecule has 0 saturated carbocycles.